The van der Waals surface area contributed by atoms with E-state index in [0.717, 1.165) is 0 Å². The molecule has 27 heavy (non-hydrogen) atoms. The maximum atomic E-state index is 12.3. The number of carbonyl (C=O) groups is 3. The van der Waals surface area contributed by atoms with Crippen molar-refractivity contribution in [2.75, 3.05) is 18.5 Å². The van der Waals surface area contributed by atoms with Gasteiger partial charge in [0.15, 0.2) is 19.0 Å². The molecule has 2 aromatic rings. The predicted octanol–water partition coefficient (Wildman–Crippen LogP) is 2.06. The van der Waals surface area contributed by atoms with Gasteiger partial charge in [0, 0.05) is 16.8 Å². The van der Waals surface area contributed by atoms with Crippen molar-refractivity contribution in [3.8, 4) is 5.75 Å². The summed E-state index contributed by atoms with van der Waals surface area (Å²) in [5, 5.41) is 12.4. The number of benzene rings is 1. The highest BCUT2D eigenvalue weighted by atomic mass is 16.5. The molecule has 0 radical (unpaired) electrons. The molecule has 0 fully saturated rings. The molecule has 0 saturated carbocycles. The number of aromatic nitrogens is 1. The molecule has 3 N–H and O–H groups in total. The van der Waals surface area contributed by atoms with Gasteiger partial charge >= 0.3 is 5.97 Å². The number of amides is 1. The summed E-state index contributed by atoms with van der Waals surface area (Å²) in [6.45, 7) is 4.55. The number of hydrogen-bond donors (Lipinski definition) is 3. The number of H-pyrrole nitrogens is 1. The van der Waals surface area contributed by atoms with Gasteiger partial charge in [0.05, 0.1) is 11.8 Å². The van der Waals surface area contributed by atoms with Crippen molar-refractivity contribution >= 4 is 23.3 Å². The Labute approximate surface area is 155 Å². The number of aryl methyl sites for hydroxylation is 1. The number of rotatable bonds is 5. The standard InChI is InChI=1S/C19H20N2O6/c1-9-17(11(3)22)10(2)20-18(9)19(25)27-7-14(23)12-4-5-15-13(6-12)21-16(24)8-26-15/h4-6,11,20,22H,7-8H2,1-3H3,(H,21,24)/t11-/m1/s1. The van der Waals surface area contributed by atoms with Crippen molar-refractivity contribution in [2.24, 2.45) is 0 Å². The van der Waals surface area contributed by atoms with E-state index in [4.69, 9.17) is 9.47 Å². The minimum Gasteiger partial charge on any atom is -0.482 e. The van der Waals surface area contributed by atoms with Crippen LogP contribution in [0.3, 0.4) is 0 Å². The van der Waals surface area contributed by atoms with E-state index in [-0.39, 0.29) is 23.8 Å². The fraction of sp³-hybridized carbons (Fsp3) is 0.316. The molecule has 8 nitrogen and oxygen atoms in total. The van der Waals surface area contributed by atoms with Gasteiger partial charge in [-0.05, 0) is 44.5 Å². The van der Waals surface area contributed by atoms with Crippen LogP contribution in [0.15, 0.2) is 18.2 Å². The summed E-state index contributed by atoms with van der Waals surface area (Å²) < 4.78 is 10.4. The van der Waals surface area contributed by atoms with Gasteiger partial charge in [-0.15, -0.1) is 0 Å². The number of fused-ring (bicyclic) bond motifs is 1. The van der Waals surface area contributed by atoms with Crippen molar-refractivity contribution in [3.05, 3.63) is 46.3 Å². The van der Waals surface area contributed by atoms with Crippen LogP contribution in [0.2, 0.25) is 0 Å². The number of carbonyl (C=O) groups excluding carboxylic acids is 3. The summed E-state index contributed by atoms with van der Waals surface area (Å²) in [6, 6.07) is 4.61. The van der Waals surface area contributed by atoms with Gasteiger partial charge in [-0.1, -0.05) is 0 Å². The summed E-state index contributed by atoms with van der Waals surface area (Å²) in [5.41, 5.74) is 2.80. The molecule has 1 aliphatic rings. The molecular formula is C19H20N2O6. The molecule has 1 aromatic carbocycles. The predicted molar refractivity (Wildman–Crippen MR) is 96.1 cm³/mol. The van der Waals surface area contributed by atoms with Gasteiger partial charge < -0.3 is 24.9 Å². The molecule has 8 heteroatoms. The Morgan fingerprint density at radius 3 is 2.74 bits per heavy atom. The number of ether oxygens (including phenoxy) is 2. The Morgan fingerprint density at radius 1 is 1.33 bits per heavy atom. The third-order valence-electron chi connectivity index (χ3n) is 4.39. The second-order valence-corrected chi connectivity index (χ2v) is 6.39. The monoisotopic (exact) mass is 372 g/mol. The molecular weight excluding hydrogens is 352 g/mol. The maximum Gasteiger partial charge on any atom is 0.355 e. The van der Waals surface area contributed by atoms with E-state index < -0.39 is 24.5 Å². The summed E-state index contributed by atoms with van der Waals surface area (Å²) in [5.74, 6) is -0.913. The zero-order chi connectivity index (χ0) is 19.7. The summed E-state index contributed by atoms with van der Waals surface area (Å²) >= 11 is 0. The number of hydrogen-bond acceptors (Lipinski definition) is 6. The van der Waals surface area contributed by atoms with Crippen LogP contribution in [0, 0.1) is 13.8 Å². The number of ketones is 1. The molecule has 3 rings (SSSR count). The zero-order valence-corrected chi connectivity index (χ0v) is 15.2. The van der Waals surface area contributed by atoms with Crippen LogP contribution < -0.4 is 10.1 Å². The second kappa shape index (κ2) is 7.24. The lowest BCUT2D eigenvalue weighted by Gasteiger charge is -2.18. The van der Waals surface area contributed by atoms with Crippen molar-refractivity contribution in [3.63, 3.8) is 0 Å². The molecule has 0 spiro atoms. The van der Waals surface area contributed by atoms with Gasteiger partial charge in [0.2, 0.25) is 0 Å². The van der Waals surface area contributed by atoms with Crippen molar-refractivity contribution in [1.29, 1.82) is 0 Å². The van der Waals surface area contributed by atoms with Crippen LogP contribution in [-0.4, -0.2) is 41.0 Å². The van der Waals surface area contributed by atoms with E-state index in [9.17, 15) is 19.5 Å². The Morgan fingerprint density at radius 2 is 2.07 bits per heavy atom. The van der Waals surface area contributed by atoms with Crippen LogP contribution in [0.1, 0.15) is 50.7 Å². The van der Waals surface area contributed by atoms with Gasteiger partial charge in [0.1, 0.15) is 11.4 Å². The Bertz CT molecular complexity index is 929. The summed E-state index contributed by atoms with van der Waals surface area (Å²) in [6.07, 6.45) is -0.725. The smallest absolute Gasteiger partial charge is 0.355 e. The number of aromatic amines is 1. The van der Waals surface area contributed by atoms with Crippen molar-refractivity contribution in [1.82, 2.24) is 4.98 Å². The number of nitrogens with one attached hydrogen (secondary N) is 2. The van der Waals surface area contributed by atoms with Crippen LogP contribution in [0.4, 0.5) is 5.69 Å². The minimum absolute atomic E-state index is 0.0682. The first-order valence-electron chi connectivity index (χ1n) is 8.42. The first kappa shape index (κ1) is 18.7. The first-order chi connectivity index (χ1) is 12.8. The normalized spacial score (nSPS) is 14.0. The topological polar surface area (TPSA) is 118 Å². The van der Waals surface area contributed by atoms with Gasteiger partial charge in [-0.3, -0.25) is 9.59 Å². The number of esters is 1. The lowest BCUT2D eigenvalue weighted by molar-refractivity contribution is -0.118. The SMILES string of the molecule is Cc1[nH]c(C(=O)OCC(=O)c2ccc3c(c2)NC(=O)CO3)c(C)c1[C@@H](C)O. The zero-order valence-electron chi connectivity index (χ0n) is 15.2. The van der Waals surface area contributed by atoms with E-state index >= 15 is 0 Å². The highest BCUT2D eigenvalue weighted by Gasteiger charge is 2.22. The highest BCUT2D eigenvalue weighted by molar-refractivity contribution is 6.02. The van der Waals surface area contributed by atoms with Gasteiger partial charge in [-0.25, -0.2) is 4.79 Å². The highest BCUT2D eigenvalue weighted by Crippen LogP contribution is 2.29. The Kier molecular flexibility index (Phi) is 5.00. The van der Waals surface area contributed by atoms with E-state index in [1.807, 2.05) is 0 Å². The third kappa shape index (κ3) is 3.70. The summed E-state index contributed by atoms with van der Waals surface area (Å²) in [7, 11) is 0. The number of aliphatic hydroxyl groups is 1. The molecule has 0 bridgehead atoms. The molecule has 1 aromatic heterocycles. The maximum absolute atomic E-state index is 12.3. The Balaban J connectivity index is 1.69. The average molecular weight is 372 g/mol. The fourth-order valence-corrected chi connectivity index (χ4v) is 3.14. The lowest BCUT2D eigenvalue weighted by Crippen LogP contribution is -2.25. The van der Waals surface area contributed by atoms with Crippen LogP contribution >= 0.6 is 0 Å². The average Bonchev–Trinajstić information content (AvgIpc) is 2.93. The van der Waals surface area contributed by atoms with Crippen molar-refractivity contribution < 1.29 is 29.0 Å². The second-order valence-electron chi connectivity index (χ2n) is 6.39. The number of aliphatic hydroxyl groups excluding tert-OH is 1. The van der Waals surface area contributed by atoms with Gasteiger partial charge in [0.25, 0.3) is 5.91 Å². The molecule has 0 unspecified atom stereocenters. The molecule has 1 atom stereocenters. The molecule has 1 aliphatic heterocycles. The number of anilines is 1. The first-order valence-corrected chi connectivity index (χ1v) is 8.42. The minimum atomic E-state index is -0.725. The molecule has 1 amide bonds. The largest absolute Gasteiger partial charge is 0.482 e. The van der Waals surface area contributed by atoms with E-state index in [2.05, 4.69) is 10.3 Å². The quantitative estimate of drug-likeness (QED) is 0.546. The molecule has 2 heterocycles. The number of Topliss-reactive ketones (excluding diaryl/α,β-unsaturated/α-hetero) is 1. The van der Waals surface area contributed by atoms with Crippen LogP contribution in [0.5, 0.6) is 5.75 Å². The fourth-order valence-electron chi connectivity index (χ4n) is 3.14. The van der Waals surface area contributed by atoms with Gasteiger partial charge in [-0.2, -0.15) is 0 Å². The third-order valence-corrected chi connectivity index (χ3v) is 4.39. The van der Waals surface area contributed by atoms with Crippen molar-refractivity contribution in [2.45, 2.75) is 26.9 Å². The summed E-state index contributed by atoms with van der Waals surface area (Å²) in [4.78, 5) is 38.9. The molecule has 142 valence electrons. The van der Waals surface area contributed by atoms with E-state index in [1.165, 1.54) is 6.07 Å². The Hall–Kier alpha value is -3.13. The van der Waals surface area contributed by atoms with E-state index in [1.54, 1.807) is 32.9 Å². The van der Waals surface area contributed by atoms with Crippen LogP contribution in [-0.2, 0) is 9.53 Å². The molecule has 0 saturated heterocycles. The van der Waals surface area contributed by atoms with E-state index in [0.29, 0.717) is 28.3 Å². The van der Waals surface area contributed by atoms with Crippen LogP contribution in [0.25, 0.3) is 0 Å². The molecule has 0 aliphatic carbocycles. The lowest BCUT2D eigenvalue weighted by atomic mass is 10.1.